The zero-order valence-corrected chi connectivity index (χ0v) is 13.9. The van der Waals surface area contributed by atoms with E-state index in [2.05, 4.69) is 48.5 Å². The van der Waals surface area contributed by atoms with E-state index in [1.807, 2.05) is 11.8 Å². The van der Waals surface area contributed by atoms with Gasteiger partial charge in [-0.05, 0) is 18.8 Å². The van der Waals surface area contributed by atoms with E-state index in [-0.39, 0.29) is 0 Å². The van der Waals surface area contributed by atoms with Gasteiger partial charge in [-0.3, -0.25) is 4.99 Å². The molecule has 1 heterocycles. The molecule has 0 saturated heterocycles. The van der Waals surface area contributed by atoms with Crippen molar-refractivity contribution in [3.8, 4) is 0 Å². The van der Waals surface area contributed by atoms with Crippen LogP contribution in [0.1, 0.15) is 40.5 Å². The Balaban J connectivity index is 2.69. The molecule has 0 bridgehead atoms. The number of nitrogens with zero attached hydrogens (tertiary/aromatic N) is 2. The van der Waals surface area contributed by atoms with Crippen LogP contribution < -0.4 is 0 Å². The van der Waals surface area contributed by atoms with Gasteiger partial charge in [0.25, 0.3) is 0 Å². The molecule has 17 heavy (non-hydrogen) atoms. The highest BCUT2D eigenvalue weighted by atomic mass is 79.9. The zero-order chi connectivity index (χ0) is 12.8. The Bertz CT molecular complexity index is 252. The highest BCUT2D eigenvalue weighted by Gasteiger charge is 2.27. The summed E-state index contributed by atoms with van der Waals surface area (Å²) < 4.78 is 0. The van der Waals surface area contributed by atoms with Gasteiger partial charge in [0.2, 0.25) is 0 Å². The van der Waals surface area contributed by atoms with Gasteiger partial charge in [-0.15, -0.1) is 0 Å². The number of amidine groups is 1. The molecular weight excluding hydrogens is 296 g/mol. The Morgan fingerprint density at radius 1 is 1.41 bits per heavy atom. The minimum absolute atomic E-state index is 0.633. The van der Waals surface area contributed by atoms with E-state index >= 15 is 0 Å². The summed E-state index contributed by atoms with van der Waals surface area (Å²) in [6.45, 7) is 11.2. The van der Waals surface area contributed by atoms with Gasteiger partial charge in [-0.1, -0.05) is 55.4 Å². The number of aliphatic imine (C=N–C) groups is 1. The third-order valence-electron chi connectivity index (χ3n) is 3.07. The van der Waals surface area contributed by atoms with Crippen molar-refractivity contribution in [1.29, 1.82) is 0 Å². The fourth-order valence-corrected chi connectivity index (χ4v) is 3.77. The van der Waals surface area contributed by atoms with E-state index in [1.165, 1.54) is 18.0 Å². The summed E-state index contributed by atoms with van der Waals surface area (Å²) in [7, 11) is 0. The summed E-state index contributed by atoms with van der Waals surface area (Å²) in [4.78, 5) is 7.27. The topological polar surface area (TPSA) is 15.6 Å². The Kier molecular flexibility index (Phi) is 6.93. The molecule has 1 aliphatic rings. The second-order valence-electron chi connectivity index (χ2n) is 5.03. The molecule has 0 aromatic rings. The van der Waals surface area contributed by atoms with Crippen molar-refractivity contribution < 1.29 is 0 Å². The maximum absolute atomic E-state index is 4.73. The van der Waals surface area contributed by atoms with Gasteiger partial charge in [-0.25, -0.2) is 0 Å². The summed E-state index contributed by atoms with van der Waals surface area (Å²) in [5.74, 6) is 0.696. The summed E-state index contributed by atoms with van der Waals surface area (Å²) in [6, 6.07) is 0.651. The maximum Gasteiger partial charge on any atom is 0.159 e. The summed E-state index contributed by atoms with van der Waals surface area (Å²) in [5.41, 5.74) is 0. The standard InChI is InChI=1S/C13H25BrN2S/c1-5-11(6-2)16(9-10(3)4)13-15-8-12(7-14)17-13/h10-12H,5-9H2,1-4H3. The fraction of sp³-hybridized carbons (Fsp3) is 0.923. The second kappa shape index (κ2) is 7.67. The lowest BCUT2D eigenvalue weighted by Gasteiger charge is -2.33. The zero-order valence-electron chi connectivity index (χ0n) is 11.4. The smallest absolute Gasteiger partial charge is 0.159 e. The molecule has 2 nitrogen and oxygen atoms in total. The summed E-state index contributed by atoms with van der Waals surface area (Å²) in [5, 5.41) is 2.95. The van der Waals surface area contributed by atoms with Crippen molar-refractivity contribution in [1.82, 2.24) is 4.90 Å². The van der Waals surface area contributed by atoms with Gasteiger partial charge >= 0.3 is 0 Å². The highest BCUT2D eigenvalue weighted by Crippen LogP contribution is 2.27. The van der Waals surface area contributed by atoms with Gasteiger partial charge in [-0.2, -0.15) is 0 Å². The molecule has 0 fully saturated rings. The van der Waals surface area contributed by atoms with Crippen LogP contribution in [0, 0.1) is 5.92 Å². The van der Waals surface area contributed by atoms with Crippen LogP contribution in [0.4, 0.5) is 0 Å². The van der Waals surface area contributed by atoms with Crippen molar-refractivity contribution in [2.45, 2.75) is 51.8 Å². The maximum atomic E-state index is 4.73. The summed E-state index contributed by atoms with van der Waals surface area (Å²) >= 11 is 5.51. The third kappa shape index (κ3) is 4.47. The van der Waals surface area contributed by atoms with Crippen LogP contribution >= 0.6 is 27.7 Å². The molecule has 4 heteroatoms. The molecule has 1 unspecified atom stereocenters. The predicted molar refractivity (Wildman–Crippen MR) is 83.4 cm³/mol. The van der Waals surface area contributed by atoms with Crippen LogP contribution in [-0.4, -0.2) is 39.8 Å². The van der Waals surface area contributed by atoms with Gasteiger partial charge in [0.1, 0.15) is 0 Å². The molecule has 100 valence electrons. The lowest BCUT2D eigenvalue weighted by Crippen LogP contribution is -2.40. The van der Waals surface area contributed by atoms with E-state index in [9.17, 15) is 0 Å². The number of hydrogen-bond acceptors (Lipinski definition) is 3. The SMILES string of the molecule is CCC(CC)N(CC(C)C)C1=NCC(CBr)S1. The molecule has 0 aromatic carbocycles. The molecule has 0 spiro atoms. The van der Waals surface area contributed by atoms with E-state index in [1.54, 1.807) is 0 Å². The van der Waals surface area contributed by atoms with Gasteiger partial charge < -0.3 is 4.90 Å². The quantitative estimate of drug-likeness (QED) is 0.687. The van der Waals surface area contributed by atoms with E-state index in [4.69, 9.17) is 4.99 Å². The van der Waals surface area contributed by atoms with Gasteiger partial charge in [0, 0.05) is 23.2 Å². The molecular formula is C13H25BrN2S. The number of rotatable bonds is 6. The van der Waals surface area contributed by atoms with Crippen molar-refractivity contribution in [2.75, 3.05) is 18.4 Å². The molecule has 1 rings (SSSR count). The molecule has 1 aliphatic heterocycles. The highest BCUT2D eigenvalue weighted by molar-refractivity contribution is 9.09. The lowest BCUT2D eigenvalue weighted by atomic mass is 10.1. The van der Waals surface area contributed by atoms with E-state index in [0.717, 1.165) is 18.4 Å². The van der Waals surface area contributed by atoms with Gasteiger partial charge in [0.15, 0.2) is 5.17 Å². The Morgan fingerprint density at radius 3 is 2.47 bits per heavy atom. The molecule has 0 aromatic heterocycles. The monoisotopic (exact) mass is 320 g/mol. The molecule has 0 N–H and O–H groups in total. The Morgan fingerprint density at radius 2 is 2.06 bits per heavy atom. The Hall–Kier alpha value is 0.300. The van der Waals surface area contributed by atoms with Crippen molar-refractivity contribution in [3.05, 3.63) is 0 Å². The normalized spacial score (nSPS) is 20.2. The first-order chi connectivity index (χ1) is 8.12. The Labute approximate surface area is 119 Å². The summed E-state index contributed by atoms with van der Waals surface area (Å²) in [6.07, 6.45) is 2.42. The first kappa shape index (κ1) is 15.4. The fourth-order valence-electron chi connectivity index (χ4n) is 2.15. The van der Waals surface area contributed by atoms with Crippen molar-refractivity contribution in [2.24, 2.45) is 10.9 Å². The van der Waals surface area contributed by atoms with Crippen LogP contribution in [0.2, 0.25) is 0 Å². The largest absolute Gasteiger partial charge is 0.348 e. The number of halogens is 1. The molecule has 0 amide bonds. The van der Waals surface area contributed by atoms with Crippen LogP contribution in [-0.2, 0) is 0 Å². The first-order valence-electron chi connectivity index (χ1n) is 6.66. The van der Waals surface area contributed by atoms with Gasteiger partial charge in [0.05, 0.1) is 6.54 Å². The van der Waals surface area contributed by atoms with Crippen molar-refractivity contribution in [3.63, 3.8) is 0 Å². The van der Waals surface area contributed by atoms with Crippen LogP contribution in [0.5, 0.6) is 0 Å². The minimum atomic E-state index is 0.633. The second-order valence-corrected chi connectivity index (χ2v) is 6.95. The minimum Gasteiger partial charge on any atom is -0.348 e. The predicted octanol–water partition coefficient (Wildman–Crippen LogP) is 4.00. The lowest BCUT2D eigenvalue weighted by molar-refractivity contribution is 0.271. The number of hydrogen-bond donors (Lipinski definition) is 0. The van der Waals surface area contributed by atoms with Crippen LogP contribution in [0.3, 0.4) is 0 Å². The first-order valence-corrected chi connectivity index (χ1v) is 8.66. The molecule has 1 atom stereocenters. The third-order valence-corrected chi connectivity index (χ3v) is 5.50. The molecule has 0 saturated carbocycles. The van der Waals surface area contributed by atoms with Crippen LogP contribution in [0.15, 0.2) is 4.99 Å². The molecule has 0 radical (unpaired) electrons. The van der Waals surface area contributed by atoms with Crippen molar-refractivity contribution >= 4 is 32.9 Å². The average molecular weight is 321 g/mol. The van der Waals surface area contributed by atoms with E-state index < -0.39 is 0 Å². The van der Waals surface area contributed by atoms with Crippen LogP contribution in [0.25, 0.3) is 0 Å². The number of thioether (sulfide) groups is 1. The average Bonchev–Trinajstić information content (AvgIpc) is 2.77. The van der Waals surface area contributed by atoms with E-state index in [0.29, 0.717) is 17.2 Å². The number of alkyl halides is 1. The molecule has 0 aliphatic carbocycles.